The van der Waals surface area contributed by atoms with Crippen LogP contribution in [0.4, 0.5) is 0 Å². The quantitative estimate of drug-likeness (QED) is 0.741. The van der Waals surface area contributed by atoms with E-state index in [1.807, 2.05) is 12.1 Å². The van der Waals surface area contributed by atoms with E-state index in [9.17, 15) is 0 Å². The summed E-state index contributed by atoms with van der Waals surface area (Å²) in [4.78, 5) is 0. The maximum absolute atomic E-state index is 9.09. The number of ether oxygens (including phenoxy) is 2. The van der Waals surface area contributed by atoms with Gasteiger partial charge in [-0.1, -0.05) is 0 Å². The van der Waals surface area contributed by atoms with Crippen LogP contribution < -0.4 is 9.47 Å². The van der Waals surface area contributed by atoms with Crippen molar-refractivity contribution in [3.8, 4) is 11.5 Å². The topological polar surface area (TPSA) is 38.7 Å². The first-order valence-electron chi connectivity index (χ1n) is 4.28. The minimum Gasteiger partial charge on any atom is -0.497 e. The molecule has 0 amide bonds. The molecular weight excluding hydrogens is 168 g/mol. The summed E-state index contributed by atoms with van der Waals surface area (Å²) >= 11 is 0. The van der Waals surface area contributed by atoms with Gasteiger partial charge in [-0.3, -0.25) is 0 Å². The molecule has 0 atom stereocenters. The summed E-state index contributed by atoms with van der Waals surface area (Å²) in [6.07, 6.45) is 0.902. The monoisotopic (exact) mass is 180 g/mol. The van der Waals surface area contributed by atoms with Crippen molar-refractivity contribution in [3.63, 3.8) is 0 Å². The number of methoxy groups -OCH3 is 1. The van der Waals surface area contributed by atoms with E-state index < -0.39 is 0 Å². The van der Waals surface area contributed by atoms with Crippen LogP contribution in [0.3, 0.4) is 0 Å². The molecule has 1 aliphatic heterocycles. The summed E-state index contributed by atoms with van der Waals surface area (Å²) in [7, 11) is 1.62. The second kappa shape index (κ2) is 3.26. The summed E-state index contributed by atoms with van der Waals surface area (Å²) in [6.45, 7) is 0.703. The van der Waals surface area contributed by atoms with Crippen LogP contribution in [0.25, 0.3) is 0 Å². The second-order valence-corrected chi connectivity index (χ2v) is 3.03. The fourth-order valence-corrected chi connectivity index (χ4v) is 1.59. The van der Waals surface area contributed by atoms with Crippen molar-refractivity contribution in [2.45, 2.75) is 13.0 Å². The lowest BCUT2D eigenvalue weighted by atomic mass is 10.1. The van der Waals surface area contributed by atoms with E-state index in [1.165, 1.54) is 0 Å². The lowest BCUT2D eigenvalue weighted by molar-refractivity contribution is 0.270. The first kappa shape index (κ1) is 8.38. The number of hydrogen-bond acceptors (Lipinski definition) is 3. The molecule has 13 heavy (non-hydrogen) atoms. The van der Waals surface area contributed by atoms with E-state index in [0.29, 0.717) is 6.61 Å². The molecule has 0 saturated heterocycles. The molecule has 0 spiro atoms. The Balaban J connectivity index is 2.49. The smallest absolute Gasteiger partial charge is 0.128 e. The first-order valence-corrected chi connectivity index (χ1v) is 4.28. The Bertz CT molecular complexity index is 320. The number of aliphatic hydroxyl groups is 1. The number of fused-ring (bicyclic) bond motifs is 1. The zero-order chi connectivity index (χ0) is 9.26. The largest absolute Gasteiger partial charge is 0.497 e. The van der Waals surface area contributed by atoms with Gasteiger partial charge in [0.1, 0.15) is 11.5 Å². The summed E-state index contributed by atoms with van der Waals surface area (Å²) in [5.74, 6) is 1.62. The maximum Gasteiger partial charge on any atom is 0.128 e. The predicted molar refractivity (Wildman–Crippen MR) is 48.1 cm³/mol. The average molecular weight is 180 g/mol. The number of rotatable bonds is 2. The molecule has 1 heterocycles. The molecule has 0 saturated carbocycles. The normalized spacial score (nSPS) is 13.7. The molecular formula is C10H12O3. The SMILES string of the molecule is COc1cc(CO)c2c(c1)CCO2. The fourth-order valence-electron chi connectivity index (χ4n) is 1.59. The average Bonchev–Trinajstić information content (AvgIpc) is 2.63. The molecule has 3 heteroatoms. The molecule has 1 aliphatic rings. The fraction of sp³-hybridized carbons (Fsp3) is 0.400. The van der Waals surface area contributed by atoms with Gasteiger partial charge in [-0.05, 0) is 12.1 Å². The molecule has 70 valence electrons. The van der Waals surface area contributed by atoms with Crippen LogP contribution in [0.15, 0.2) is 12.1 Å². The Morgan fingerprint density at radius 2 is 2.38 bits per heavy atom. The van der Waals surface area contributed by atoms with E-state index >= 15 is 0 Å². The Kier molecular flexibility index (Phi) is 2.10. The van der Waals surface area contributed by atoms with Crippen LogP contribution in [0.2, 0.25) is 0 Å². The maximum atomic E-state index is 9.09. The van der Waals surface area contributed by atoms with Gasteiger partial charge in [0.15, 0.2) is 0 Å². The third-order valence-corrected chi connectivity index (χ3v) is 2.24. The Morgan fingerprint density at radius 3 is 3.08 bits per heavy atom. The first-order chi connectivity index (χ1) is 6.35. The van der Waals surface area contributed by atoms with E-state index in [0.717, 1.165) is 29.0 Å². The van der Waals surface area contributed by atoms with Crippen molar-refractivity contribution in [3.05, 3.63) is 23.3 Å². The molecule has 0 aliphatic carbocycles. The van der Waals surface area contributed by atoms with Crippen molar-refractivity contribution in [1.29, 1.82) is 0 Å². The van der Waals surface area contributed by atoms with Gasteiger partial charge in [-0.25, -0.2) is 0 Å². The van der Waals surface area contributed by atoms with Crippen molar-refractivity contribution in [1.82, 2.24) is 0 Å². The highest BCUT2D eigenvalue weighted by atomic mass is 16.5. The van der Waals surface area contributed by atoms with Crippen molar-refractivity contribution >= 4 is 0 Å². The van der Waals surface area contributed by atoms with Crippen molar-refractivity contribution in [2.24, 2.45) is 0 Å². The highest BCUT2D eigenvalue weighted by molar-refractivity contribution is 5.48. The molecule has 0 radical (unpaired) electrons. The molecule has 2 rings (SSSR count). The van der Waals surface area contributed by atoms with E-state index in [-0.39, 0.29) is 6.61 Å². The van der Waals surface area contributed by atoms with Crippen LogP contribution in [0.1, 0.15) is 11.1 Å². The Labute approximate surface area is 76.9 Å². The molecule has 0 aromatic heterocycles. The highest BCUT2D eigenvalue weighted by Crippen LogP contribution is 2.33. The standard InChI is InChI=1S/C10H12O3/c1-12-9-4-7-2-3-13-10(7)8(5-9)6-11/h4-5,11H,2-3,6H2,1H3. The number of aliphatic hydroxyl groups excluding tert-OH is 1. The van der Waals surface area contributed by atoms with Gasteiger partial charge in [0.05, 0.1) is 20.3 Å². The predicted octanol–water partition coefficient (Wildman–Crippen LogP) is 1.12. The number of hydrogen-bond donors (Lipinski definition) is 1. The van der Waals surface area contributed by atoms with Gasteiger partial charge in [0.25, 0.3) is 0 Å². The zero-order valence-electron chi connectivity index (χ0n) is 7.54. The lowest BCUT2D eigenvalue weighted by Gasteiger charge is -2.07. The van der Waals surface area contributed by atoms with Crippen LogP contribution in [0.5, 0.6) is 11.5 Å². The minimum atomic E-state index is -0.000463. The molecule has 1 aromatic rings. The van der Waals surface area contributed by atoms with E-state index in [1.54, 1.807) is 7.11 Å². The van der Waals surface area contributed by atoms with Crippen LogP contribution >= 0.6 is 0 Å². The lowest BCUT2D eigenvalue weighted by Crippen LogP contribution is -1.93. The third kappa shape index (κ3) is 1.35. The van der Waals surface area contributed by atoms with Crippen molar-refractivity contribution < 1.29 is 14.6 Å². The number of benzene rings is 1. The molecule has 0 fully saturated rings. The van der Waals surface area contributed by atoms with Gasteiger partial charge in [0.2, 0.25) is 0 Å². The van der Waals surface area contributed by atoms with Crippen molar-refractivity contribution in [2.75, 3.05) is 13.7 Å². The molecule has 1 aromatic carbocycles. The van der Waals surface area contributed by atoms with Gasteiger partial charge < -0.3 is 14.6 Å². The highest BCUT2D eigenvalue weighted by Gasteiger charge is 2.17. The molecule has 0 bridgehead atoms. The van der Waals surface area contributed by atoms with E-state index in [4.69, 9.17) is 14.6 Å². The second-order valence-electron chi connectivity index (χ2n) is 3.03. The summed E-state index contributed by atoms with van der Waals surface area (Å²) in [5, 5.41) is 9.09. The molecule has 3 nitrogen and oxygen atoms in total. The van der Waals surface area contributed by atoms with Gasteiger partial charge in [-0.2, -0.15) is 0 Å². The molecule has 0 unspecified atom stereocenters. The van der Waals surface area contributed by atoms with Crippen LogP contribution in [-0.4, -0.2) is 18.8 Å². The van der Waals surface area contributed by atoms with Gasteiger partial charge in [-0.15, -0.1) is 0 Å². The molecule has 1 N–H and O–H groups in total. The zero-order valence-corrected chi connectivity index (χ0v) is 7.54. The van der Waals surface area contributed by atoms with Crippen LogP contribution in [-0.2, 0) is 13.0 Å². The summed E-state index contributed by atoms with van der Waals surface area (Å²) in [5.41, 5.74) is 1.94. The van der Waals surface area contributed by atoms with Crippen LogP contribution in [0, 0.1) is 0 Å². The Hall–Kier alpha value is -1.22. The third-order valence-electron chi connectivity index (χ3n) is 2.24. The minimum absolute atomic E-state index is 0.000463. The van der Waals surface area contributed by atoms with E-state index in [2.05, 4.69) is 0 Å². The van der Waals surface area contributed by atoms with Gasteiger partial charge in [0, 0.05) is 17.5 Å². The van der Waals surface area contributed by atoms with Gasteiger partial charge >= 0.3 is 0 Å². The summed E-state index contributed by atoms with van der Waals surface area (Å²) in [6, 6.07) is 3.77. The summed E-state index contributed by atoms with van der Waals surface area (Å²) < 4.78 is 10.5. The Morgan fingerprint density at radius 1 is 1.54 bits per heavy atom.